The Morgan fingerprint density at radius 2 is 1.94 bits per heavy atom. The van der Waals surface area contributed by atoms with Crippen LogP contribution in [0.25, 0.3) is 0 Å². The average Bonchev–Trinajstić information content (AvgIpc) is 2.36. The number of aryl methyl sites for hydroxylation is 1. The van der Waals surface area contributed by atoms with Crippen molar-refractivity contribution in [2.75, 3.05) is 0 Å². The Morgan fingerprint density at radius 3 is 2.61 bits per heavy atom. The number of rotatable bonds is 3. The molecule has 2 rings (SSSR count). The third-order valence-corrected chi connectivity index (χ3v) is 2.65. The zero-order valence-corrected chi connectivity index (χ0v) is 9.84. The minimum absolute atomic E-state index is 0.0844. The zero-order valence-electron chi connectivity index (χ0n) is 9.84. The Morgan fingerprint density at radius 1 is 1.28 bits per heavy atom. The number of ketones is 1. The van der Waals surface area contributed by atoms with Gasteiger partial charge in [0.25, 0.3) is 0 Å². The number of carbonyl (C=O) groups is 1. The van der Waals surface area contributed by atoms with E-state index >= 15 is 0 Å². The molecule has 0 saturated heterocycles. The molecule has 0 amide bonds. The predicted octanol–water partition coefficient (Wildman–Crippen LogP) is 2.08. The number of benzene rings is 1. The highest BCUT2D eigenvalue weighted by molar-refractivity contribution is 5.98. The predicted molar refractivity (Wildman–Crippen MR) is 65.9 cm³/mol. The van der Waals surface area contributed by atoms with Gasteiger partial charge in [-0.3, -0.25) is 9.59 Å². The van der Waals surface area contributed by atoms with Crippen molar-refractivity contribution in [3.8, 4) is 5.75 Å². The molecule has 0 aliphatic carbocycles. The molecule has 0 aliphatic rings. The van der Waals surface area contributed by atoms with Gasteiger partial charge in [-0.25, -0.2) is 0 Å². The molecule has 4 heteroatoms. The Kier molecular flexibility index (Phi) is 3.28. The first-order chi connectivity index (χ1) is 8.59. The van der Waals surface area contributed by atoms with Crippen LogP contribution in [0.15, 0.2) is 45.8 Å². The lowest BCUT2D eigenvalue weighted by Gasteiger charge is -2.04. The normalized spacial score (nSPS) is 10.3. The highest BCUT2D eigenvalue weighted by Gasteiger charge is 2.18. The first kappa shape index (κ1) is 12.1. The van der Waals surface area contributed by atoms with Crippen LogP contribution >= 0.6 is 0 Å². The van der Waals surface area contributed by atoms with E-state index in [4.69, 9.17) is 4.42 Å². The van der Waals surface area contributed by atoms with Crippen molar-refractivity contribution in [2.45, 2.75) is 13.3 Å². The summed E-state index contributed by atoms with van der Waals surface area (Å²) in [5.74, 6) is -0.681. The third kappa shape index (κ3) is 2.32. The molecule has 4 nitrogen and oxygen atoms in total. The van der Waals surface area contributed by atoms with E-state index in [1.54, 1.807) is 12.1 Å². The van der Waals surface area contributed by atoms with Crippen LogP contribution in [0.5, 0.6) is 5.75 Å². The van der Waals surface area contributed by atoms with Crippen molar-refractivity contribution in [2.24, 2.45) is 0 Å². The topological polar surface area (TPSA) is 67.5 Å². The van der Waals surface area contributed by atoms with Gasteiger partial charge >= 0.3 is 0 Å². The molecule has 1 heterocycles. The molecular weight excluding hydrogens is 232 g/mol. The lowest BCUT2D eigenvalue weighted by Crippen LogP contribution is -2.18. The molecule has 1 aromatic carbocycles. The molecule has 0 unspecified atom stereocenters. The third-order valence-electron chi connectivity index (χ3n) is 2.65. The van der Waals surface area contributed by atoms with Gasteiger partial charge in [-0.1, -0.05) is 30.3 Å². The van der Waals surface area contributed by atoms with Crippen LogP contribution in [-0.2, 0) is 6.42 Å². The average molecular weight is 244 g/mol. The standard InChI is InChI=1S/C14H12O4/c1-9-13(14(17)12(16)8-18-9)11(15)7-10-5-3-2-4-6-10/h2-6,8,16H,7H2,1H3. The van der Waals surface area contributed by atoms with Crippen LogP contribution in [0.2, 0.25) is 0 Å². The van der Waals surface area contributed by atoms with Gasteiger partial charge in [0.1, 0.15) is 17.6 Å². The molecule has 0 aliphatic heterocycles. The zero-order chi connectivity index (χ0) is 13.1. The summed E-state index contributed by atoms with van der Waals surface area (Å²) in [4.78, 5) is 23.7. The van der Waals surface area contributed by atoms with Crippen LogP contribution < -0.4 is 5.43 Å². The highest BCUT2D eigenvalue weighted by atomic mass is 16.4. The number of Topliss-reactive ketones (excluding diaryl/α,β-unsaturated/α-hetero) is 1. The van der Waals surface area contributed by atoms with Crippen molar-refractivity contribution in [1.82, 2.24) is 0 Å². The van der Waals surface area contributed by atoms with Crippen molar-refractivity contribution >= 4 is 5.78 Å². The van der Waals surface area contributed by atoms with Crippen molar-refractivity contribution < 1.29 is 14.3 Å². The summed E-state index contributed by atoms with van der Waals surface area (Å²) in [7, 11) is 0. The molecule has 18 heavy (non-hydrogen) atoms. The second kappa shape index (κ2) is 4.87. The monoisotopic (exact) mass is 244 g/mol. The van der Waals surface area contributed by atoms with Gasteiger partial charge in [0.05, 0.1) is 0 Å². The van der Waals surface area contributed by atoms with Crippen LogP contribution in [0.3, 0.4) is 0 Å². The van der Waals surface area contributed by atoms with Gasteiger partial charge < -0.3 is 9.52 Å². The van der Waals surface area contributed by atoms with Crippen LogP contribution in [0.4, 0.5) is 0 Å². The summed E-state index contributed by atoms with van der Waals surface area (Å²) in [6.45, 7) is 1.53. The lowest BCUT2D eigenvalue weighted by atomic mass is 10.0. The van der Waals surface area contributed by atoms with E-state index in [2.05, 4.69) is 0 Å². The molecule has 0 radical (unpaired) electrons. The van der Waals surface area contributed by atoms with E-state index in [0.717, 1.165) is 11.8 Å². The molecule has 0 saturated carbocycles. The smallest absolute Gasteiger partial charge is 0.237 e. The molecule has 0 spiro atoms. The number of hydrogen-bond donors (Lipinski definition) is 1. The second-order valence-electron chi connectivity index (χ2n) is 3.97. The Bertz CT molecular complexity index is 626. The van der Waals surface area contributed by atoms with Crippen LogP contribution in [0, 0.1) is 6.92 Å². The molecule has 2 aromatic rings. The maximum Gasteiger partial charge on any atom is 0.237 e. The van der Waals surface area contributed by atoms with E-state index in [1.165, 1.54) is 6.92 Å². The minimum atomic E-state index is -0.681. The molecule has 0 atom stereocenters. The molecule has 1 aromatic heterocycles. The number of carbonyl (C=O) groups excluding carboxylic acids is 1. The van der Waals surface area contributed by atoms with E-state index in [1.807, 2.05) is 18.2 Å². The highest BCUT2D eigenvalue weighted by Crippen LogP contribution is 2.12. The molecule has 1 N–H and O–H groups in total. The fourth-order valence-electron chi connectivity index (χ4n) is 1.74. The SMILES string of the molecule is Cc1occ(O)c(=O)c1C(=O)Cc1ccccc1. The van der Waals surface area contributed by atoms with E-state index < -0.39 is 11.2 Å². The minimum Gasteiger partial charge on any atom is -0.502 e. The van der Waals surface area contributed by atoms with Crippen molar-refractivity contribution in [3.05, 3.63) is 63.7 Å². The molecule has 0 bridgehead atoms. The largest absolute Gasteiger partial charge is 0.502 e. The summed E-state index contributed by atoms with van der Waals surface area (Å²) in [5.41, 5.74) is 0.0446. The maximum atomic E-state index is 12.0. The number of aromatic hydroxyl groups is 1. The van der Waals surface area contributed by atoms with Gasteiger partial charge in [-0.2, -0.15) is 0 Å². The fraction of sp³-hybridized carbons (Fsp3) is 0.143. The second-order valence-corrected chi connectivity index (χ2v) is 3.97. The summed E-state index contributed by atoms with van der Waals surface area (Å²) in [6, 6.07) is 9.10. The van der Waals surface area contributed by atoms with Gasteiger partial charge in [0.2, 0.25) is 5.43 Å². The van der Waals surface area contributed by atoms with E-state index in [9.17, 15) is 14.7 Å². The molecular formula is C14H12O4. The lowest BCUT2D eigenvalue weighted by molar-refractivity contribution is 0.0988. The summed E-state index contributed by atoms with van der Waals surface area (Å²) < 4.78 is 4.96. The van der Waals surface area contributed by atoms with E-state index in [-0.39, 0.29) is 23.5 Å². The van der Waals surface area contributed by atoms with Gasteiger partial charge in [-0.15, -0.1) is 0 Å². The molecule has 92 valence electrons. The van der Waals surface area contributed by atoms with Gasteiger partial charge in [0, 0.05) is 6.42 Å². The van der Waals surface area contributed by atoms with Crippen LogP contribution in [0.1, 0.15) is 21.7 Å². The summed E-state index contributed by atoms with van der Waals surface area (Å²) in [6.07, 6.45) is 1.05. The summed E-state index contributed by atoms with van der Waals surface area (Å²) >= 11 is 0. The Hall–Kier alpha value is -2.36. The first-order valence-corrected chi connectivity index (χ1v) is 5.48. The van der Waals surface area contributed by atoms with Crippen molar-refractivity contribution in [3.63, 3.8) is 0 Å². The van der Waals surface area contributed by atoms with Crippen molar-refractivity contribution in [1.29, 1.82) is 0 Å². The quantitative estimate of drug-likeness (QED) is 0.839. The molecule has 0 fully saturated rings. The maximum absolute atomic E-state index is 12.0. The van der Waals surface area contributed by atoms with Crippen LogP contribution in [-0.4, -0.2) is 10.9 Å². The van der Waals surface area contributed by atoms with E-state index in [0.29, 0.717) is 0 Å². The Balaban J connectivity index is 2.36. The summed E-state index contributed by atoms with van der Waals surface area (Å²) in [5, 5.41) is 9.28. The number of hydrogen-bond acceptors (Lipinski definition) is 4. The van der Waals surface area contributed by atoms with Gasteiger partial charge in [0.15, 0.2) is 11.5 Å². The van der Waals surface area contributed by atoms with Gasteiger partial charge in [-0.05, 0) is 12.5 Å². The Labute approximate surface area is 104 Å². The first-order valence-electron chi connectivity index (χ1n) is 5.48. The fourth-order valence-corrected chi connectivity index (χ4v) is 1.74.